The molecule has 24 heavy (non-hydrogen) atoms. The van der Waals surface area contributed by atoms with Crippen molar-refractivity contribution in [3.05, 3.63) is 66.2 Å². The Labute approximate surface area is 144 Å². The number of hydrogen-bond donors (Lipinski definition) is 0. The molecule has 0 bridgehead atoms. The summed E-state index contributed by atoms with van der Waals surface area (Å²) in [6.45, 7) is 3.02. The van der Waals surface area contributed by atoms with E-state index in [2.05, 4.69) is 41.3 Å². The average molecular weight is 322 g/mol. The second-order valence-electron chi connectivity index (χ2n) is 6.47. The van der Waals surface area contributed by atoms with E-state index in [0.717, 1.165) is 38.2 Å². The molecule has 1 saturated heterocycles. The van der Waals surface area contributed by atoms with Crippen molar-refractivity contribution in [2.45, 2.75) is 32.2 Å². The van der Waals surface area contributed by atoms with Gasteiger partial charge in [0.2, 0.25) is 5.91 Å². The number of carbonyl (C=O) groups excluding carboxylic acids is 1. The Morgan fingerprint density at radius 3 is 2.04 bits per heavy atom. The molecule has 0 aliphatic carbocycles. The lowest BCUT2D eigenvalue weighted by molar-refractivity contribution is -0.129. The van der Waals surface area contributed by atoms with E-state index >= 15 is 0 Å². The van der Waals surface area contributed by atoms with E-state index < -0.39 is 0 Å². The molecule has 1 amide bonds. The zero-order valence-corrected chi connectivity index (χ0v) is 14.2. The van der Waals surface area contributed by atoms with Gasteiger partial charge in [-0.2, -0.15) is 0 Å². The molecule has 0 spiro atoms. The van der Waals surface area contributed by atoms with Gasteiger partial charge in [0.05, 0.1) is 6.54 Å². The van der Waals surface area contributed by atoms with Crippen LogP contribution in [0.4, 0.5) is 5.69 Å². The van der Waals surface area contributed by atoms with Crippen molar-refractivity contribution in [1.29, 1.82) is 0 Å². The van der Waals surface area contributed by atoms with Crippen LogP contribution >= 0.6 is 0 Å². The highest BCUT2D eigenvalue weighted by Crippen LogP contribution is 2.18. The minimum atomic E-state index is 0.247. The van der Waals surface area contributed by atoms with Gasteiger partial charge in [-0.05, 0) is 30.5 Å². The van der Waals surface area contributed by atoms with Gasteiger partial charge in [-0.15, -0.1) is 0 Å². The summed E-state index contributed by atoms with van der Waals surface area (Å²) >= 11 is 0. The number of benzene rings is 2. The fourth-order valence-corrected chi connectivity index (χ4v) is 3.26. The van der Waals surface area contributed by atoms with E-state index in [4.69, 9.17) is 0 Å². The molecule has 0 aromatic heterocycles. The monoisotopic (exact) mass is 322 g/mol. The summed E-state index contributed by atoms with van der Waals surface area (Å²) < 4.78 is 0. The van der Waals surface area contributed by atoms with Crippen LogP contribution in [-0.2, 0) is 11.3 Å². The highest BCUT2D eigenvalue weighted by molar-refractivity contribution is 5.81. The summed E-state index contributed by atoms with van der Waals surface area (Å²) in [7, 11) is 0. The Morgan fingerprint density at radius 1 is 0.833 bits per heavy atom. The fourth-order valence-electron chi connectivity index (χ4n) is 3.26. The van der Waals surface area contributed by atoms with Crippen molar-refractivity contribution in [3.8, 4) is 0 Å². The quantitative estimate of drug-likeness (QED) is 0.827. The Balaban J connectivity index is 1.73. The van der Waals surface area contributed by atoms with Crippen LogP contribution in [0.5, 0.6) is 0 Å². The molecule has 2 aromatic rings. The molecule has 3 nitrogen and oxygen atoms in total. The van der Waals surface area contributed by atoms with Crippen LogP contribution in [0.3, 0.4) is 0 Å². The number of likely N-dealkylation sites (tertiary alicyclic amines) is 1. The number of nitrogens with zero attached hydrogens (tertiary/aromatic N) is 2. The molecular formula is C21H26N2O. The number of hydrogen-bond acceptors (Lipinski definition) is 2. The first kappa shape index (κ1) is 16.6. The Kier molecular flexibility index (Phi) is 5.89. The third-order valence-corrected chi connectivity index (χ3v) is 4.62. The Hall–Kier alpha value is -2.29. The molecule has 0 unspecified atom stereocenters. The number of rotatable bonds is 5. The molecule has 2 aromatic carbocycles. The maximum absolute atomic E-state index is 12.8. The highest BCUT2D eigenvalue weighted by atomic mass is 16.2. The van der Waals surface area contributed by atoms with Crippen molar-refractivity contribution in [2.24, 2.45) is 0 Å². The normalized spacial score (nSPS) is 14.9. The second-order valence-corrected chi connectivity index (χ2v) is 6.47. The molecule has 0 atom stereocenters. The zero-order valence-electron chi connectivity index (χ0n) is 14.2. The SMILES string of the molecule is O=C(CN(Cc1ccccc1)c1ccccc1)N1CCCCCC1. The summed E-state index contributed by atoms with van der Waals surface area (Å²) in [5.74, 6) is 0.247. The van der Waals surface area contributed by atoms with Gasteiger partial charge in [0.1, 0.15) is 0 Å². The van der Waals surface area contributed by atoms with E-state index in [1.165, 1.54) is 18.4 Å². The first-order chi connectivity index (χ1) is 11.8. The third-order valence-electron chi connectivity index (χ3n) is 4.62. The van der Waals surface area contributed by atoms with Crippen molar-refractivity contribution in [3.63, 3.8) is 0 Å². The van der Waals surface area contributed by atoms with Crippen LogP contribution in [-0.4, -0.2) is 30.4 Å². The molecule has 1 aliphatic rings. The number of para-hydroxylation sites is 1. The highest BCUT2D eigenvalue weighted by Gasteiger charge is 2.19. The van der Waals surface area contributed by atoms with Crippen LogP contribution in [0.25, 0.3) is 0 Å². The van der Waals surface area contributed by atoms with Crippen molar-refractivity contribution < 1.29 is 4.79 Å². The Bertz CT molecular complexity index is 619. The van der Waals surface area contributed by atoms with Gasteiger partial charge in [-0.25, -0.2) is 0 Å². The number of carbonyl (C=O) groups is 1. The smallest absolute Gasteiger partial charge is 0.242 e. The van der Waals surface area contributed by atoms with Crippen LogP contribution in [0.2, 0.25) is 0 Å². The lowest BCUT2D eigenvalue weighted by Crippen LogP contribution is -2.40. The van der Waals surface area contributed by atoms with E-state index in [-0.39, 0.29) is 5.91 Å². The van der Waals surface area contributed by atoms with Crippen molar-refractivity contribution >= 4 is 11.6 Å². The van der Waals surface area contributed by atoms with Crippen molar-refractivity contribution in [2.75, 3.05) is 24.5 Å². The summed E-state index contributed by atoms with van der Waals surface area (Å²) in [5.41, 5.74) is 2.33. The maximum Gasteiger partial charge on any atom is 0.242 e. The number of amides is 1. The van der Waals surface area contributed by atoms with E-state index in [1.54, 1.807) is 0 Å². The molecular weight excluding hydrogens is 296 g/mol. The lowest BCUT2D eigenvalue weighted by Gasteiger charge is -2.28. The van der Waals surface area contributed by atoms with Gasteiger partial charge >= 0.3 is 0 Å². The van der Waals surface area contributed by atoms with Gasteiger partial charge in [0, 0.05) is 25.3 Å². The largest absolute Gasteiger partial charge is 0.358 e. The maximum atomic E-state index is 12.8. The van der Waals surface area contributed by atoms with Crippen LogP contribution < -0.4 is 4.90 Å². The zero-order chi connectivity index (χ0) is 16.6. The van der Waals surface area contributed by atoms with E-state index in [1.807, 2.05) is 29.2 Å². The molecule has 126 valence electrons. The second kappa shape index (κ2) is 8.53. The molecule has 0 N–H and O–H groups in total. The minimum absolute atomic E-state index is 0.247. The van der Waals surface area contributed by atoms with Gasteiger partial charge < -0.3 is 9.80 Å². The van der Waals surface area contributed by atoms with Gasteiger partial charge in [-0.3, -0.25) is 4.79 Å². The van der Waals surface area contributed by atoms with Crippen LogP contribution in [0, 0.1) is 0 Å². The van der Waals surface area contributed by atoms with Gasteiger partial charge in [0.25, 0.3) is 0 Å². The molecule has 0 saturated carbocycles. The van der Waals surface area contributed by atoms with Crippen LogP contribution in [0.15, 0.2) is 60.7 Å². The van der Waals surface area contributed by atoms with E-state index in [9.17, 15) is 4.79 Å². The molecule has 0 radical (unpaired) electrons. The summed E-state index contributed by atoms with van der Waals surface area (Å²) in [6.07, 6.45) is 4.76. The summed E-state index contributed by atoms with van der Waals surface area (Å²) in [5, 5.41) is 0. The molecule has 1 fully saturated rings. The predicted molar refractivity (Wildman–Crippen MR) is 99.0 cm³/mol. The van der Waals surface area contributed by atoms with Gasteiger partial charge in [0.15, 0.2) is 0 Å². The van der Waals surface area contributed by atoms with Crippen LogP contribution in [0.1, 0.15) is 31.2 Å². The van der Waals surface area contributed by atoms with Gasteiger partial charge in [-0.1, -0.05) is 61.4 Å². The lowest BCUT2D eigenvalue weighted by atomic mass is 10.2. The van der Waals surface area contributed by atoms with Crippen molar-refractivity contribution in [1.82, 2.24) is 4.90 Å². The Morgan fingerprint density at radius 2 is 1.42 bits per heavy atom. The first-order valence-electron chi connectivity index (χ1n) is 8.94. The molecule has 3 rings (SSSR count). The van der Waals surface area contributed by atoms with E-state index in [0.29, 0.717) is 6.54 Å². The third kappa shape index (κ3) is 4.60. The first-order valence-corrected chi connectivity index (χ1v) is 8.94. The summed E-state index contributed by atoms with van der Waals surface area (Å²) in [6, 6.07) is 20.6. The fraction of sp³-hybridized carbons (Fsp3) is 0.381. The summed E-state index contributed by atoms with van der Waals surface area (Å²) in [4.78, 5) is 17.0. The molecule has 3 heteroatoms. The average Bonchev–Trinajstić information content (AvgIpc) is 2.92. The standard InChI is InChI=1S/C21H26N2O/c24-21(22-15-9-1-2-10-16-22)18-23(20-13-7-4-8-14-20)17-19-11-5-3-6-12-19/h3-8,11-14H,1-2,9-10,15-18H2. The molecule has 1 aliphatic heterocycles. The molecule has 1 heterocycles. The topological polar surface area (TPSA) is 23.6 Å². The minimum Gasteiger partial charge on any atom is -0.358 e. The predicted octanol–water partition coefficient (Wildman–Crippen LogP) is 4.10. The number of anilines is 1.